The molecular weight excluding hydrogens is 394 g/mol. The Bertz CT molecular complexity index is 749. The predicted octanol–water partition coefficient (Wildman–Crippen LogP) is 0.816. The monoisotopic (exact) mass is 429 g/mol. The molecular formula is C22H35N7O2. The number of carbonyl (C=O) groups excluding carboxylic acids is 1. The van der Waals surface area contributed by atoms with Crippen LogP contribution in [0.25, 0.3) is 0 Å². The van der Waals surface area contributed by atoms with Crippen molar-refractivity contribution >= 4 is 18.3 Å². The molecule has 0 aromatic rings. The van der Waals surface area contributed by atoms with Gasteiger partial charge in [0, 0.05) is 37.7 Å². The van der Waals surface area contributed by atoms with Crippen LogP contribution in [0.5, 0.6) is 0 Å². The van der Waals surface area contributed by atoms with Crippen molar-refractivity contribution in [2.45, 2.75) is 63.8 Å². The van der Waals surface area contributed by atoms with E-state index >= 15 is 0 Å². The number of nitrogens with zero attached hydrogens (tertiary/aromatic N) is 3. The van der Waals surface area contributed by atoms with Crippen LogP contribution in [0.3, 0.4) is 0 Å². The van der Waals surface area contributed by atoms with Crippen LogP contribution in [0.15, 0.2) is 21.4 Å². The molecule has 3 rings (SSSR count). The molecule has 0 aromatic carbocycles. The lowest BCUT2D eigenvalue weighted by atomic mass is 9.84. The molecule has 3 heterocycles. The van der Waals surface area contributed by atoms with Gasteiger partial charge in [-0.3, -0.25) is 14.8 Å². The van der Waals surface area contributed by atoms with Crippen LogP contribution in [-0.2, 0) is 9.53 Å². The summed E-state index contributed by atoms with van der Waals surface area (Å²) in [6, 6.07) is 1.89. The molecule has 3 aliphatic heterocycles. The highest BCUT2D eigenvalue weighted by molar-refractivity contribution is 5.82. The molecule has 0 aliphatic carbocycles. The van der Waals surface area contributed by atoms with Gasteiger partial charge in [0.25, 0.3) is 0 Å². The van der Waals surface area contributed by atoms with Gasteiger partial charge in [-0.1, -0.05) is 6.92 Å². The van der Waals surface area contributed by atoms with Gasteiger partial charge in [0.1, 0.15) is 11.9 Å². The van der Waals surface area contributed by atoms with E-state index in [0.717, 1.165) is 44.5 Å². The molecule has 0 bridgehead atoms. The second-order valence-corrected chi connectivity index (χ2v) is 8.86. The number of hydrogen-bond donors (Lipinski definition) is 4. The minimum Gasteiger partial charge on any atom is -0.491 e. The molecule has 3 aliphatic rings. The first-order valence-electron chi connectivity index (χ1n) is 11.3. The first kappa shape index (κ1) is 23.4. The normalized spacial score (nSPS) is 29.9. The van der Waals surface area contributed by atoms with E-state index in [1.807, 2.05) is 12.4 Å². The molecule has 5 atom stereocenters. The zero-order chi connectivity index (χ0) is 22.2. The molecule has 3 unspecified atom stereocenters. The Morgan fingerprint density at radius 3 is 2.97 bits per heavy atom. The second-order valence-electron chi connectivity index (χ2n) is 8.86. The third kappa shape index (κ3) is 6.60. The van der Waals surface area contributed by atoms with Crippen molar-refractivity contribution < 1.29 is 9.53 Å². The fourth-order valence-corrected chi connectivity index (χ4v) is 4.42. The van der Waals surface area contributed by atoms with Crippen molar-refractivity contribution in [2.24, 2.45) is 39.2 Å². The van der Waals surface area contributed by atoms with Gasteiger partial charge in [0.15, 0.2) is 0 Å². The SMILES string of the molecule is C[C@H]1CCC(CC#N)C=NC(C(C(=O)NC2=C(O[C@@H]3CCNC3)CC=NC2)C(N)N)C1. The third-order valence-corrected chi connectivity index (χ3v) is 6.24. The maximum absolute atomic E-state index is 13.3. The summed E-state index contributed by atoms with van der Waals surface area (Å²) >= 11 is 0. The van der Waals surface area contributed by atoms with Gasteiger partial charge in [-0.15, -0.1) is 0 Å². The summed E-state index contributed by atoms with van der Waals surface area (Å²) in [5.41, 5.74) is 12.8. The Balaban J connectivity index is 1.75. The molecule has 0 radical (unpaired) electrons. The second kappa shape index (κ2) is 11.4. The van der Waals surface area contributed by atoms with Gasteiger partial charge in [-0.25, -0.2) is 0 Å². The minimum atomic E-state index is -0.848. The van der Waals surface area contributed by atoms with Gasteiger partial charge in [0.2, 0.25) is 5.91 Å². The Labute approximate surface area is 184 Å². The van der Waals surface area contributed by atoms with Crippen LogP contribution < -0.4 is 22.1 Å². The van der Waals surface area contributed by atoms with E-state index in [9.17, 15) is 4.79 Å². The van der Waals surface area contributed by atoms with Crippen molar-refractivity contribution in [3.63, 3.8) is 0 Å². The molecule has 6 N–H and O–H groups in total. The number of allylic oxidation sites excluding steroid dienone is 1. The smallest absolute Gasteiger partial charge is 0.232 e. The van der Waals surface area contributed by atoms with Gasteiger partial charge in [-0.05, 0) is 38.1 Å². The average Bonchev–Trinajstić information content (AvgIpc) is 3.23. The highest BCUT2D eigenvalue weighted by atomic mass is 16.5. The lowest BCUT2D eigenvalue weighted by Crippen LogP contribution is -2.52. The summed E-state index contributed by atoms with van der Waals surface area (Å²) in [6.07, 6.45) is 7.46. The number of ether oxygens (including phenoxy) is 1. The number of carbonyl (C=O) groups is 1. The van der Waals surface area contributed by atoms with E-state index in [0.29, 0.717) is 31.0 Å². The van der Waals surface area contributed by atoms with Crippen LogP contribution in [-0.4, -0.2) is 56.3 Å². The Morgan fingerprint density at radius 2 is 2.26 bits per heavy atom. The van der Waals surface area contributed by atoms with E-state index in [2.05, 4.69) is 33.6 Å². The Hall–Kier alpha value is -2.28. The average molecular weight is 430 g/mol. The highest BCUT2D eigenvalue weighted by Crippen LogP contribution is 2.27. The fourth-order valence-electron chi connectivity index (χ4n) is 4.42. The lowest BCUT2D eigenvalue weighted by Gasteiger charge is -2.31. The standard InChI is InChI=1S/C22H35N7O2/c1-14-2-3-15(4-7-23)11-28-17(10-14)20(21(24)25)22(30)29-18-13-27-9-6-19(18)31-16-5-8-26-12-16/h9,11,14-17,20-21,26H,2-6,8,10,12-13,24-25H2,1H3,(H,29,30)/t14-,15?,16+,17?,20?/m0/s1. The van der Waals surface area contributed by atoms with Gasteiger partial charge < -0.3 is 26.8 Å². The first-order valence-corrected chi connectivity index (χ1v) is 11.3. The maximum Gasteiger partial charge on any atom is 0.232 e. The molecule has 1 saturated heterocycles. The zero-order valence-electron chi connectivity index (χ0n) is 18.3. The van der Waals surface area contributed by atoms with Crippen molar-refractivity contribution in [1.82, 2.24) is 10.6 Å². The van der Waals surface area contributed by atoms with E-state index in [1.165, 1.54) is 0 Å². The van der Waals surface area contributed by atoms with Crippen molar-refractivity contribution in [2.75, 3.05) is 19.6 Å². The van der Waals surface area contributed by atoms with Crippen molar-refractivity contribution in [3.8, 4) is 6.07 Å². The van der Waals surface area contributed by atoms with Crippen LogP contribution in [0.2, 0.25) is 0 Å². The summed E-state index contributed by atoms with van der Waals surface area (Å²) in [5, 5.41) is 15.3. The van der Waals surface area contributed by atoms with Crippen LogP contribution in [0.4, 0.5) is 0 Å². The minimum absolute atomic E-state index is 0.100. The highest BCUT2D eigenvalue weighted by Gasteiger charge is 2.35. The molecule has 31 heavy (non-hydrogen) atoms. The quantitative estimate of drug-likeness (QED) is 0.440. The number of aliphatic imine (C=N–C) groups is 2. The molecule has 170 valence electrons. The fraction of sp³-hybridized carbons (Fsp3) is 0.727. The van der Waals surface area contributed by atoms with Gasteiger partial charge >= 0.3 is 0 Å². The summed E-state index contributed by atoms with van der Waals surface area (Å²) < 4.78 is 6.13. The number of amides is 1. The summed E-state index contributed by atoms with van der Waals surface area (Å²) in [7, 11) is 0. The molecule has 0 saturated carbocycles. The Morgan fingerprint density at radius 1 is 1.42 bits per heavy atom. The summed E-state index contributed by atoms with van der Waals surface area (Å²) in [5.74, 6) is 0.296. The van der Waals surface area contributed by atoms with Gasteiger partial charge in [0.05, 0.1) is 36.4 Å². The molecule has 9 nitrogen and oxygen atoms in total. The number of dihydropyridines is 1. The van der Waals surface area contributed by atoms with E-state index in [1.54, 1.807) is 0 Å². The van der Waals surface area contributed by atoms with Gasteiger partial charge in [-0.2, -0.15) is 5.26 Å². The molecule has 9 heteroatoms. The maximum atomic E-state index is 13.3. The number of nitriles is 1. The summed E-state index contributed by atoms with van der Waals surface area (Å²) in [6.45, 7) is 4.25. The molecule has 1 fully saturated rings. The topological polar surface area (TPSA) is 151 Å². The summed E-state index contributed by atoms with van der Waals surface area (Å²) in [4.78, 5) is 22.3. The number of rotatable bonds is 7. The predicted molar refractivity (Wildman–Crippen MR) is 120 cm³/mol. The van der Waals surface area contributed by atoms with E-state index < -0.39 is 12.1 Å². The number of hydrogen-bond acceptors (Lipinski definition) is 8. The van der Waals surface area contributed by atoms with Crippen molar-refractivity contribution in [1.29, 1.82) is 5.26 Å². The van der Waals surface area contributed by atoms with E-state index in [-0.39, 0.29) is 24.0 Å². The number of nitrogens with one attached hydrogen (secondary N) is 2. The molecule has 0 aromatic heterocycles. The zero-order valence-corrected chi connectivity index (χ0v) is 18.3. The van der Waals surface area contributed by atoms with Crippen molar-refractivity contribution in [3.05, 3.63) is 11.5 Å². The van der Waals surface area contributed by atoms with Crippen LogP contribution >= 0.6 is 0 Å². The number of nitrogens with two attached hydrogens (primary N) is 2. The molecule has 0 spiro atoms. The third-order valence-electron chi connectivity index (χ3n) is 6.24. The molecule has 1 amide bonds. The Kier molecular flexibility index (Phi) is 8.58. The van der Waals surface area contributed by atoms with Crippen LogP contribution in [0.1, 0.15) is 45.4 Å². The van der Waals surface area contributed by atoms with Crippen LogP contribution in [0, 0.1) is 29.1 Å². The first-order chi connectivity index (χ1) is 15.0. The lowest BCUT2D eigenvalue weighted by molar-refractivity contribution is -0.125. The van der Waals surface area contributed by atoms with E-state index in [4.69, 9.17) is 21.5 Å². The largest absolute Gasteiger partial charge is 0.491 e.